The van der Waals surface area contributed by atoms with Crippen molar-refractivity contribution < 1.29 is 8.42 Å². The molecule has 1 saturated heterocycles. The van der Waals surface area contributed by atoms with E-state index in [1.807, 2.05) is 13.8 Å². The Labute approximate surface area is 119 Å². The van der Waals surface area contributed by atoms with Gasteiger partial charge in [0, 0.05) is 22.3 Å². The zero-order valence-electron chi connectivity index (χ0n) is 10.5. The molecule has 1 aromatic heterocycles. The zero-order valence-corrected chi connectivity index (χ0v) is 13.0. The Bertz CT molecular complexity index is 493. The standard InChI is InChI=1S/C11H18N2O2S2.ClH/c1-8-6-11(9(2)16-8)17(14,15)13-10-4-3-5-12-7-10;/h6,10,12-13H,3-5,7H2,1-2H3;1H. The minimum atomic E-state index is -3.35. The van der Waals surface area contributed by atoms with Gasteiger partial charge < -0.3 is 5.32 Å². The van der Waals surface area contributed by atoms with Crippen molar-refractivity contribution in [1.29, 1.82) is 0 Å². The van der Waals surface area contributed by atoms with Crippen LogP contribution >= 0.6 is 23.7 Å². The van der Waals surface area contributed by atoms with E-state index in [0.29, 0.717) is 4.90 Å². The fourth-order valence-corrected chi connectivity index (χ4v) is 4.93. The van der Waals surface area contributed by atoms with E-state index in [4.69, 9.17) is 0 Å². The smallest absolute Gasteiger partial charge is 0.241 e. The highest BCUT2D eigenvalue weighted by atomic mass is 35.5. The highest BCUT2D eigenvalue weighted by Gasteiger charge is 2.24. The summed E-state index contributed by atoms with van der Waals surface area (Å²) in [7, 11) is -3.35. The first-order chi connectivity index (χ1) is 7.99. The molecule has 1 aliphatic rings. The van der Waals surface area contributed by atoms with E-state index < -0.39 is 10.0 Å². The van der Waals surface area contributed by atoms with E-state index >= 15 is 0 Å². The minimum absolute atomic E-state index is 0. The van der Waals surface area contributed by atoms with Crippen LogP contribution in [-0.2, 0) is 10.0 Å². The number of sulfonamides is 1. The average Bonchev–Trinajstić information content (AvgIpc) is 2.59. The van der Waals surface area contributed by atoms with E-state index in [9.17, 15) is 8.42 Å². The fourth-order valence-electron chi connectivity index (χ4n) is 2.11. The van der Waals surface area contributed by atoms with Crippen LogP contribution in [0.3, 0.4) is 0 Å². The van der Waals surface area contributed by atoms with Crippen LogP contribution < -0.4 is 10.0 Å². The molecule has 0 bridgehead atoms. The highest BCUT2D eigenvalue weighted by Crippen LogP contribution is 2.25. The molecule has 0 saturated carbocycles. The summed E-state index contributed by atoms with van der Waals surface area (Å²) in [5, 5.41) is 3.20. The molecule has 0 spiro atoms. The summed E-state index contributed by atoms with van der Waals surface area (Å²) in [6.07, 6.45) is 1.93. The average molecular weight is 311 g/mol. The van der Waals surface area contributed by atoms with E-state index in [1.54, 1.807) is 6.07 Å². The molecule has 0 radical (unpaired) electrons. The first-order valence-electron chi connectivity index (χ1n) is 5.79. The molecule has 0 aromatic carbocycles. The lowest BCUT2D eigenvalue weighted by atomic mass is 10.1. The summed E-state index contributed by atoms with van der Waals surface area (Å²) in [4.78, 5) is 2.33. The van der Waals surface area contributed by atoms with Crippen molar-refractivity contribution >= 4 is 33.8 Å². The Morgan fingerprint density at radius 1 is 1.44 bits per heavy atom. The summed E-state index contributed by atoms with van der Waals surface area (Å²) >= 11 is 1.52. The molecule has 104 valence electrons. The van der Waals surface area contributed by atoms with Crippen molar-refractivity contribution in [2.45, 2.75) is 37.6 Å². The number of rotatable bonds is 3. The summed E-state index contributed by atoms with van der Waals surface area (Å²) in [5.74, 6) is 0. The van der Waals surface area contributed by atoms with Crippen LogP contribution in [0.4, 0.5) is 0 Å². The van der Waals surface area contributed by atoms with Gasteiger partial charge in [0.2, 0.25) is 10.0 Å². The van der Waals surface area contributed by atoms with Gasteiger partial charge in [-0.2, -0.15) is 0 Å². The Hall–Kier alpha value is -0.140. The quantitative estimate of drug-likeness (QED) is 0.895. The van der Waals surface area contributed by atoms with Gasteiger partial charge in [-0.25, -0.2) is 13.1 Å². The lowest BCUT2D eigenvalue weighted by molar-refractivity contribution is 0.428. The zero-order chi connectivity index (χ0) is 12.5. The van der Waals surface area contributed by atoms with E-state index in [0.717, 1.165) is 35.7 Å². The molecular formula is C11H19ClN2O2S2. The molecule has 1 atom stereocenters. The van der Waals surface area contributed by atoms with Crippen LogP contribution in [0.15, 0.2) is 11.0 Å². The monoisotopic (exact) mass is 310 g/mol. The molecule has 1 fully saturated rings. The molecule has 2 rings (SSSR count). The van der Waals surface area contributed by atoms with Gasteiger partial charge in [0.05, 0.1) is 4.90 Å². The van der Waals surface area contributed by atoms with E-state index in [-0.39, 0.29) is 18.4 Å². The van der Waals surface area contributed by atoms with Gasteiger partial charge in [-0.1, -0.05) is 0 Å². The Balaban J connectivity index is 0.00000162. The van der Waals surface area contributed by atoms with Crippen LogP contribution in [0.5, 0.6) is 0 Å². The van der Waals surface area contributed by atoms with Gasteiger partial charge in [0.1, 0.15) is 0 Å². The molecule has 1 aliphatic heterocycles. The third kappa shape index (κ3) is 3.68. The molecule has 18 heavy (non-hydrogen) atoms. The first-order valence-corrected chi connectivity index (χ1v) is 8.09. The number of aryl methyl sites for hydroxylation is 2. The van der Waals surface area contributed by atoms with Crippen molar-refractivity contribution in [1.82, 2.24) is 10.0 Å². The maximum Gasteiger partial charge on any atom is 0.241 e. The fraction of sp³-hybridized carbons (Fsp3) is 0.636. The van der Waals surface area contributed by atoms with Crippen molar-refractivity contribution in [2.75, 3.05) is 13.1 Å². The third-order valence-corrected chi connectivity index (χ3v) is 5.65. The second-order valence-corrected chi connectivity index (χ2v) is 7.58. The second kappa shape index (κ2) is 6.34. The number of nitrogens with one attached hydrogen (secondary N) is 2. The highest BCUT2D eigenvalue weighted by molar-refractivity contribution is 7.89. The largest absolute Gasteiger partial charge is 0.315 e. The molecule has 0 amide bonds. The van der Waals surface area contributed by atoms with Crippen LogP contribution in [0, 0.1) is 13.8 Å². The predicted molar refractivity (Wildman–Crippen MR) is 77.3 cm³/mol. The van der Waals surface area contributed by atoms with Crippen molar-refractivity contribution in [3.63, 3.8) is 0 Å². The lowest BCUT2D eigenvalue weighted by Crippen LogP contribution is -2.45. The maximum atomic E-state index is 12.2. The van der Waals surface area contributed by atoms with Crippen molar-refractivity contribution in [2.24, 2.45) is 0 Å². The number of piperidine rings is 1. The number of halogens is 1. The first kappa shape index (κ1) is 15.9. The summed E-state index contributed by atoms with van der Waals surface area (Å²) in [6.45, 7) is 5.49. The normalized spacial score (nSPS) is 20.4. The molecular weight excluding hydrogens is 292 g/mol. The van der Waals surface area contributed by atoms with Crippen molar-refractivity contribution in [3.8, 4) is 0 Å². The van der Waals surface area contributed by atoms with E-state index in [1.165, 1.54) is 11.3 Å². The third-order valence-electron chi connectivity index (χ3n) is 2.90. The molecule has 2 N–H and O–H groups in total. The summed E-state index contributed by atoms with van der Waals surface area (Å²) in [6, 6.07) is 1.77. The molecule has 7 heteroatoms. The van der Waals surface area contributed by atoms with Crippen LogP contribution in [0.25, 0.3) is 0 Å². The van der Waals surface area contributed by atoms with E-state index in [2.05, 4.69) is 10.0 Å². The van der Waals surface area contributed by atoms with Crippen LogP contribution in [0.1, 0.15) is 22.6 Å². The predicted octanol–water partition coefficient (Wildman–Crippen LogP) is 1.82. The Morgan fingerprint density at radius 3 is 2.67 bits per heavy atom. The number of hydrogen-bond acceptors (Lipinski definition) is 4. The summed E-state index contributed by atoms with van der Waals surface area (Å²) < 4.78 is 27.2. The maximum absolute atomic E-state index is 12.2. The van der Waals surface area contributed by atoms with Gasteiger partial charge in [-0.05, 0) is 39.3 Å². The Kier molecular flexibility index (Phi) is 5.61. The van der Waals surface area contributed by atoms with Gasteiger partial charge in [0.25, 0.3) is 0 Å². The number of thiophene rings is 1. The van der Waals surface area contributed by atoms with Gasteiger partial charge in [-0.15, -0.1) is 23.7 Å². The lowest BCUT2D eigenvalue weighted by Gasteiger charge is -2.23. The minimum Gasteiger partial charge on any atom is -0.315 e. The van der Waals surface area contributed by atoms with Gasteiger partial charge in [0.15, 0.2) is 0 Å². The van der Waals surface area contributed by atoms with Gasteiger partial charge >= 0.3 is 0 Å². The topological polar surface area (TPSA) is 58.2 Å². The molecule has 2 heterocycles. The number of hydrogen-bond donors (Lipinski definition) is 2. The van der Waals surface area contributed by atoms with Crippen LogP contribution in [-0.4, -0.2) is 27.5 Å². The molecule has 4 nitrogen and oxygen atoms in total. The Morgan fingerprint density at radius 2 is 2.17 bits per heavy atom. The molecule has 1 unspecified atom stereocenters. The molecule has 1 aromatic rings. The van der Waals surface area contributed by atoms with Crippen molar-refractivity contribution in [3.05, 3.63) is 15.8 Å². The SMILES string of the molecule is Cc1cc(S(=O)(=O)NC2CCCNC2)c(C)s1.Cl. The second-order valence-electron chi connectivity index (χ2n) is 4.44. The summed E-state index contributed by atoms with van der Waals surface area (Å²) in [5.41, 5.74) is 0. The molecule has 0 aliphatic carbocycles. The van der Waals surface area contributed by atoms with Gasteiger partial charge in [-0.3, -0.25) is 0 Å². The van der Waals surface area contributed by atoms with Crippen LogP contribution in [0.2, 0.25) is 0 Å².